The van der Waals surface area contributed by atoms with Crippen LogP contribution in [-0.2, 0) is 9.47 Å². The molecule has 0 saturated carbocycles. The lowest BCUT2D eigenvalue weighted by Gasteiger charge is -2.04. The first kappa shape index (κ1) is 21.2. The van der Waals surface area contributed by atoms with Crippen LogP contribution >= 0.6 is 0 Å². The molecule has 5 heteroatoms. The number of aliphatic imine (C=N–C) groups is 2. The van der Waals surface area contributed by atoms with Gasteiger partial charge in [0.15, 0.2) is 0 Å². The lowest BCUT2D eigenvalue weighted by Crippen LogP contribution is -2.09. The molecule has 0 saturated heterocycles. The fourth-order valence-corrected chi connectivity index (χ4v) is 3.39. The van der Waals surface area contributed by atoms with Crippen LogP contribution in [0.5, 0.6) is 0 Å². The van der Waals surface area contributed by atoms with Gasteiger partial charge in [-0.3, -0.25) is 0 Å². The molecule has 5 nitrogen and oxygen atoms in total. The fourth-order valence-electron chi connectivity index (χ4n) is 3.39. The number of pyridine rings is 1. The predicted molar refractivity (Wildman–Crippen MR) is 121 cm³/mol. The van der Waals surface area contributed by atoms with Gasteiger partial charge in [-0.15, -0.1) is 0 Å². The molecule has 0 unspecified atom stereocenters. The van der Waals surface area contributed by atoms with E-state index in [-0.39, 0.29) is 26.9 Å². The minimum Gasteiger partial charge on any atom is -0.474 e. The number of aromatic nitrogens is 1. The number of hydrogen-bond donors (Lipinski definition) is 0. The Labute approximate surface area is 178 Å². The molecular formula is C25H27N3O2. The Hall–Kier alpha value is -3.47. The number of nitrogens with zero attached hydrogens (tertiary/aromatic N) is 3. The van der Waals surface area contributed by atoms with E-state index in [1.54, 1.807) is 0 Å². The lowest BCUT2D eigenvalue weighted by atomic mass is 10.1. The maximum atomic E-state index is 5.82. The summed E-state index contributed by atoms with van der Waals surface area (Å²) < 4.78 is 11.6. The maximum absolute atomic E-state index is 5.82. The zero-order valence-corrected chi connectivity index (χ0v) is 15.2. The highest BCUT2D eigenvalue weighted by Crippen LogP contribution is 2.26. The van der Waals surface area contributed by atoms with Crippen LogP contribution in [0.1, 0.15) is 49.5 Å². The Kier molecular flexibility index (Phi) is 6.62. The minimum atomic E-state index is 0. The summed E-state index contributed by atoms with van der Waals surface area (Å²) in [6.45, 7) is 1.05. The third-order valence-corrected chi connectivity index (χ3v) is 4.86. The van der Waals surface area contributed by atoms with E-state index in [9.17, 15) is 0 Å². The average Bonchev–Trinajstić information content (AvgIpc) is 3.46. The van der Waals surface area contributed by atoms with Crippen LogP contribution in [0.15, 0.2) is 88.8 Å². The van der Waals surface area contributed by atoms with Gasteiger partial charge < -0.3 is 9.47 Å². The van der Waals surface area contributed by atoms with Gasteiger partial charge in [-0.05, 0) is 23.3 Å². The first-order valence-electron chi connectivity index (χ1n) is 9.36. The molecule has 154 valence electrons. The van der Waals surface area contributed by atoms with Gasteiger partial charge >= 0.3 is 0 Å². The van der Waals surface area contributed by atoms with Crippen molar-refractivity contribution in [3.63, 3.8) is 0 Å². The molecular weight excluding hydrogens is 374 g/mol. The molecule has 0 bridgehead atoms. The molecule has 0 radical (unpaired) electrons. The molecule has 2 aliphatic heterocycles. The Bertz CT molecular complexity index is 952. The fraction of sp³-hybridized carbons (Fsp3) is 0.240. The van der Waals surface area contributed by atoms with Gasteiger partial charge in [-0.25, -0.2) is 15.0 Å². The molecule has 30 heavy (non-hydrogen) atoms. The molecule has 2 atom stereocenters. The van der Waals surface area contributed by atoms with Gasteiger partial charge in [0.2, 0.25) is 11.8 Å². The van der Waals surface area contributed by atoms with E-state index in [4.69, 9.17) is 19.5 Å². The minimum absolute atomic E-state index is 0. The van der Waals surface area contributed by atoms with Crippen LogP contribution in [0.4, 0.5) is 0 Å². The van der Waals surface area contributed by atoms with Gasteiger partial charge in [-0.1, -0.05) is 81.6 Å². The molecule has 5 rings (SSSR count). The topological polar surface area (TPSA) is 56.1 Å². The first-order valence-corrected chi connectivity index (χ1v) is 9.36. The normalized spacial score (nSPS) is 19.5. The van der Waals surface area contributed by atoms with Crippen LogP contribution in [0.3, 0.4) is 0 Å². The highest BCUT2D eigenvalue weighted by atomic mass is 16.5. The van der Waals surface area contributed by atoms with E-state index < -0.39 is 0 Å². The summed E-state index contributed by atoms with van der Waals surface area (Å²) >= 11 is 0. The Morgan fingerprint density at radius 1 is 0.567 bits per heavy atom. The SMILES string of the molecule is C.C.c1ccc([C@@H]2COC(c3cccc(C4=N[C@H](c5ccccc5)CO4)n3)=N2)cc1. The molecule has 2 aromatic carbocycles. The van der Waals surface area contributed by atoms with Crippen molar-refractivity contribution in [3.05, 3.63) is 101 Å². The van der Waals surface area contributed by atoms with E-state index >= 15 is 0 Å². The summed E-state index contributed by atoms with van der Waals surface area (Å²) in [7, 11) is 0. The van der Waals surface area contributed by atoms with E-state index in [0.29, 0.717) is 36.4 Å². The van der Waals surface area contributed by atoms with Crippen molar-refractivity contribution < 1.29 is 9.47 Å². The summed E-state index contributed by atoms with van der Waals surface area (Å²) in [5, 5.41) is 0. The summed E-state index contributed by atoms with van der Waals surface area (Å²) in [6.07, 6.45) is 0. The van der Waals surface area contributed by atoms with Crippen LogP contribution in [-0.4, -0.2) is 30.0 Å². The van der Waals surface area contributed by atoms with Gasteiger partial charge in [0.05, 0.1) is 0 Å². The monoisotopic (exact) mass is 401 g/mol. The molecule has 0 spiro atoms. The first-order chi connectivity index (χ1) is 13.9. The molecule has 0 amide bonds. The largest absolute Gasteiger partial charge is 0.474 e. The van der Waals surface area contributed by atoms with E-state index in [1.807, 2.05) is 54.6 Å². The zero-order chi connectivity index (χ0) is 18.8. The smallest absolute Gasteiger partial charge is 0.236 e. The standard InChI is InChI=1S/C23H19N3O2.2CH4/c1-3-8-16(9-4-1)20-14-27-22(25-20)18-12-7-13-19(24-18)23-26-21(15-28-23)17-10-5-2-6-11-17;;/h1-13,20-21H,14-15H2;2*1H4/t20-,21-;;/m0../s1. The number of rotatable bonds is 4. The third kappa shape index (κ3) is 4.25. The highest BCUT2D eigenvalue weighted by molar-refractivity contribution is 5.97. The van der Waals surface area contributed by atoms with Crippen molar-refractivity contribution in [3.8, 4) is 0 Å². The lowest BCUT2D eigenvalue weighted by molar-refractivity contribution is 0.317. The number of ether oxygens (including phenoxy) is 2. The van der Waals surface area contributed by atoms with Crippen molar-refractivity contribution in [2.24, 2.45) is 9.98 Å². The van der Waals surface area contributed by atoms with Crippen LogP contribution in [0.2, 0.25) is 0 Å². The van der Waals surface area contributed by atoms with Crippen molar-refractivity contribution in [2.45, 2.75) is 26.9 Å². The second kappa shape index (κ2) is 9.35. The summed E-state index contributed by atoms with van der Waals surface area (Å²) in [5.41, 5.74) is 3.68. The van der Waals surface area contributed by atoms with Crippen molar-refractivity contribution in [1.29, 1.82) is 0 Å². The summed E-state index contributed by atoms with van der Waals surface area (Å²) in [6, 6.07) is 26.1. The second-order valence-electron chi connectivity index (χ2n) is 6.75. The number of benzene rings is 2. The predicted octanol–water partition coefficient (Wildman–Crippen LogP) is 5.39. The zero-order valence-electron chi connectivity index (χ0n) is 15.2. The molecule has 2 aliphatic rings. The summed E-state index contributed by atoms with van der Waals surface area (Å²) in [4.78, 5) is 14.1. The molecule has 1 aromatic heterocycles. The van der Waals surface area contributed by atoms with Crippen LogP contribution < -0.4 is 0 Å². The Balaban J connectivity index is 0.00000128. The third-order valence-electron chi connectivity index (χ3n) is 4.86. The van der Waals surface area contributed by atoms with Gasteiger partial charge in [0.25, 0.3) is 0 Å². The Morgan fingerprint density at radius 3 is 1.43 bits per heavy atom. The molecule has 3 aromatic rings. The maximum Gasteiger partial charge on any atom is 0.236 e. The average molecular weight is 402 g/mol. The summed E-state index contributed by atoms with van der Waals surface area (Å²) in [5.74, 6) is 1.13. The van der Waals surface area contributed by atoms with Crippen LogP contribution in [0, 0.1) is 0 Å². The van der Waals surface area contributed by atoms with Crippen LogP contribution in [0.25, 0.3) is 0 Å². The second-order valence-corrected chi connectivity index (χ2v) is 6.75. The molecule has 0 fully saturated rings. The highest BCUT2D eigenvalue weighted by Gasteiger charge is 2.25. The van der Waals surface area contributed by atoms with Gasteiger partial charge in [-0.2, -0.15) is 0 Å². The quantitative estimate of drug-likeness (QED) is 0.589. The van der Waals surface area contributed by atoms with E-state index in [2.05, 4.69) is 29.2 Å². The number of hydrogen-bond acceptors (Lipinski definition) is 5. The van der Waals surface area contributed by atoms with Crippen molar-refractivity contribution >= 4 is 11.8 Å². The van der Waals surface area contributed by atoms with Gasteiger partial charge in [0, 0.05) is 0 Å². The van der Waals surface area contributed by atoms with Crippen molar-refractivity contribution in [1.82, 2.24) is 4.98 Å². The molecule has 0 N–H and O–H groups in total. The van der Waals surface area contributed by atoms with Gasteiger partial charge in [0.1, 0.15) is 36.7 Å². The van der Waals surface area contributed by atoms with E-state index in [1.165, 1.54) is 0 Å². The van der Waals surface area contributed by atoms with E-state index in [0.717, 1.165) is 11.1 Å². The molecule has 3 heterocycles. The Morgan fingerprint density at radius 2 is 1.00 bits per heavy atom. The molecule has 0 aliphatic carbocycles. The van der Waals surface area contributed by atoms with Crippen molar-refractivity contribution in [2.75, 3.05) is 13.2 Å².